The van der Waals surface area contributed by atoms with Crippen LogP contribution in [-0.2, 0) is 6.54 Å². The van der Waals surface area contributed by atoms with E-state index in [2.05, 4.69) is 14.8 Å². The van der Waals surface area contributed by atoms with Crippen LogP contribution in [0.3, 0.4) is 0 Å². The van der Waals surface area contributed by atoms with Crippen molar-refractivity contribution in [3.05, 3.63) is 59.1 Å². The Morgan fingerprint density at radius 1 is 1.05 bits per heavy atom. The molecule has 1 aromatic heterocycles. The molecule has 0 radical (unpaired) electrons. The van der Waals surface area contributed by atoms with Gasteiger partial charge in [-0.15, -0.1) is 0 Å². The highest BCUT2D eigenvalue weighted by molar-refractivity contribution is 6.29. The van der Waals surface area contributed by atoms with Crippen molar-refractivity contribution in [1.29, 1.82) is 0 Å². The van der Waals surface area contributed by atoms with Crippen LogP contribution in [0.4, 0.5) is 10.1 Å². The largest absolute Gasteiger partial charge is 0.370 e. The molecule has 0 bridgehead atoms. The Balaban J connectivity index is 1.61. The standard InChI is InChI=1S/C17H19ClFN3/c18-17-12-14(6-7-20-17)13-21-8-1-9-22(11-10-21)16-4-2-15(19)3-5-16/h2-7,12H,1,8-11,13H2. The molecule has 1 aromatic carbocycles. The monoisotopic (exact) mass is 319 g/mol. The van der Waals surface area contributed by atoms with E-state index in [1.165, 1.54) is 17.7 Å². The molecular weight excluding hydrogens is 301 g/mol. The minimum atomic E-state index is -0.185. The number of rotatable bonds is 3. The first-order valence-electron chi connectivity index (χ1n) is 7.54. The Labute approximate surface area is 135 Å². The van der Waals surface area contributed by atoms with Gasteiger partial charge in [-0.3, -0.25) is 4.90 Å². The van der Waals surface area contributed by atoms with Crippen molar-refractivity contribution in [1.82, 2.24) is 9.88 Å². The molecule has 1 aliphatic heterocycles. The predicted octanol–water partition coefficient (Wildman–Crippen LogP) is 3.59. The molecule has 1 saturated heterocycles. The summed E-state index contributed by atoms with van der Waals surface area (Å²) in [6, 6.07) is 10.7. The first-order chi connectivity index (χ1) is 10.7. The number of pyridine rings is 1. The van der Waals surface area contributed by atoms with Gasteiger partial charge in [-0.2, -0.15) is 0 Å². The van der Waals surface area contributed by atoms with E-state index < -0.39 is 0 Å². The molecule has 0 saturated carbocycles. The van der Waals surface area contributed by atoms with Crippen molar-refractivity contribution in [3.8, 4) is 0 Å². The number of hydrogen-bond donors (Lipinski definition) is 0. The van der Waals surface area contributed by atoms with Crippen LogP contribution in [0.1, 0.15) is 12.0 Å². The van der Waals surface area contributed by atoms with Crippen molar-refractivity contribution < 1.29 is 4.39 Å². The van der Waals surface area contributed by atoms with Crippen molar-refractivity contribution in [3.63, 3.8) is 0 Å². The zero-order valence-corrected chi connectivity index (χ0v) is 13.1. The molecule has 0 atom stereocenters. The van der Waals surface area contributed by atoms with Crippen LogP contribution < -0.4 is 4.90 Å². The fraction of sp³-hybridized carbons (Fsp3) is 0.353. The van der Waals surface area contributed by atoms with Crippen molar-refractivity contribution >= 4 is 17.3 Å². The molecule has 2 aromatic rings. The third kappa shape index (κ3) is 3.96. The Hall–Kier alpha value is -1.65. The van der Waals surface area contributed by atoms with E-state index in [0.29, 0.717) is 5.15 Å². The van der Waals surface area contributed by atoms with Gasteiger partial charge >= 0.3 is 0 Å². The summed E-state index contributed by atoms with van der Waals surface area (Å²) < 4.78 is 13.0. The maximum atomic E-state index is 13.0. The van der Waals surface area contributed by atoms with Crippen LogP contribution in [-0.4, -0.2) is 36.1 Å². The average Bonchev–Trinajstić information content (AvgIpc) is 2.74. The van der Waals surface area contributed by atoms with Crippen LogP contribution in [0, 0.1) is 5.82 Å². The third-order valence-corrected chi connectivity index (χ3v) is 4.18. The number of hydrogen-bond acceptors (Lipinski definition) is 3. The topological polar surface area (TPSA) is 19.4 Å². The van der Waals surface area contributed by atoms with Crippen molar-refractivity contribution in [2.45, 2.75) is 13.0 Å². The maximum Gasteiger partial charge on any atom is 0.129 e. The van der Waals surface area contributed by atoms with Crippen LogP contribution in [0.15, 0.2) is 42.6 Å². The van der Waals surface area contributed by atoms with Gasteiger partial charge in [-0.05, 0) is 48.4 Å². The van der Waals surface area contributed by atoms with E-state index in [9.17, 15) is 4.39 Å². The quantitative estimate of drug-likeness (QED) is 0.806. The molecular formula is C17H19ClFN3. The van der Waals surface area contributed by atoms with Gasteiger partial charge in [0.2, 0.25) is 0 Å². The molecule has 1 fully saturated rings. The van der Waals surface area contributed by atoms with Crippen molar-refractivity contribution in [2.75, 3.05) is 31.1 Å². The van der Waals surface area contributed by atoms with E-state index in [-0.39, 0.29) is 5.82 Å². The number of nitrogens with zero attached hydrogens (tertiary/aromatic N) is 3. The number of halogens is 2. The molecule has 0 aliphatic carbocycles. The Bertz CT molecular complexity index is 618. The molecule has 3 rings (SSSR count). The second-order valence-corrected chi connectivity index (χ2v) is 5.97. The predicted molar refractivity (Wildman–Crippen MR) is 87.8 cm³/mol. The number of anilines is 1. The van der Waals surface area contributed by atoms with E-state index >= 15 is 0 Å². The highest BCUT2D eigenvalue weighted by Gasteiger charge is 2.15. The molecule has 116 valence electrons. The third-order valence-electron chi connectivity index (χ3n) is 3.98. The second-order valence-electron chi connectivity index (χ2n) is 5.58. The fourth-order valence-electron chi connectivity index (χ4n) is 2.84. The summed E-state index contributed by atoms with van der Waals surface area (Å²) in [7, 11) is 0. The Morgan fingerprint density at radius 2 is 1.86 bits per heavy atom. The van der Waals surface area contributed by atoms with Gasteiger partial charge in [0.05, 0.1) is 0 Å². The summed E-state index contributed by atoms with van der Waals surface area (Å²) in [6.45, 7) is 4.87. The molecule has 0 spiro atoms. The molecule has 2 heterocycles. The zero-order valence-electron chi connectivity index (χ0n) is 12.4. The zero-order chi connectivity index (χ0) is 15.4. The van der Waals surface area contributed by atoms with E-state index in [4.69, 9.17) is 11.6 Å². The summed E-state index contributed by atoms with van der Waals surface area (Å²) in [4.78, 5) is 8.76. The first-order valence-corrected chi connectivity index (χ1v) is 7.92. The van der Waals surface area contributed by atoms with Gasteiger partial charge < -0.3 is 4.90 Å². The lowest BCUT2D eigenvalue weighted by Gasteiger charge is -2.23. The summed E-state index contributed by atoms with van der Waals surface area (Å²) in [5.74, 6) is -0.185. The van der Waals surface area contributed by atoms with E-state index in [0.717, 1.165) is 44.8 Å². The van der Waals surface area contributed by atoms with E-state index in [1.807, 2.05) is 24.3 Å². The lowest BCUT2D eigenvalue weighted by atomic mass is 10.2. The summed E-state index contributed by atoms with van der Waals surface area (Å²) >= 11 is 5.94. The van der Waals surface area contributed by atoms with Gasteiger partial charge in [-0.25, -0.2) is 9.37 Å². The number of benzene rings is 1. The van der Waals surface area contributed by atoms with Crippen LogP contribution >= 0.6 is 11.6 Å². The Kier molecular flexibility index (Phi) is 4.90. The van der Waals surface area contributed by atoms with Gasteiger partial charge in [0.15, 0.2) is 0 Å². The highest BCUT2D eigenvalue weighted by Crippen LogP contribution is 2.18. The normalized spacial score (nSPS) is 16.5. The minimum absolute atomic E-state index is 0.185. The van der Waals surface area contributed by atoms with Crippen LogP contribution in [0.25, 0.3) is 0 Å². The van der Waals surface area contributed by atoms with Crippen LogP contribution in [0.5, 0.6) is 0 Å². The lowest BCUT2D eigenvalue weighted by molar-refractivity contribution is 0.285. The second kappa shape index (κ2) is 7.07. The van der Waals surface area contributed by atoms with Gasteiger partial charge in [0, 0.05) is 44.6 Å². The molecule has 0 N–H and O–H groups in total. The van der Waals surface area contributed by atoms with Gasteiger partial charge in [0.25, 0.3) is 0 Å². The molecule has 0 unspecified atom stereocenters. The molecule has 22 heavy (non-hydrogen) atoms. The number of aromatic nitrogens is 1. The van der Waals surface area contributed by atoms with Crippen LogP contribution in [0.2, 0.25) is 5.15 Å². The average molecular weight is 320 g/mol. The van der Waals surface area contributed by atoms with Gasteiger partial charge in [-0.1, -0.05) is 11.6 Å². The van der Waals surface area contributed by atoms with E-state index in [1.54, 1.807) is 6.20 Å². The first kappa shape index (κ1) is 15.3. The minimum Gasteiger partial charge on any atom is -0.370 e. The maximum absolute atomic E-state index is 13.0. The summed E-state index contributed by atoms with van der Waals surface area (Å²) in [5, 5.41) is 0.542. The molecule has 0 amide bonds. The fourth-order valence-corrected chi connectivity index (χ4v) is 3.03. The lowest BCUT2D eigenvalue weighted by Crippen LogP contribution is -2.30. The SMILES string of the molecule is Fc1ccc(N2CCCN(Cc3ccnc(Cl)c3)CC2)cc1. The Morgan fingerprint density at radius 3 is 2.64 bits per heavy atom. The molecule has 5 heteroatoms. The molecule has 1 aliphatic rings. The van der Waals surface area contributed by atoms with Gasteiger partial charge in [0.1, 0.15) is 11.0 Å². The summed E-state index contributed by atoms with van der Waals surface area (Å²) in [5.41, 5.74) is 2.28. The summed E-state index contributed by atoms with van der Waals surface area (Å²) in [6.07, 6.45) is 2.84. The smallest absolute Gasteiger partial charge is 0.129 e. The highest BCUT2D eigenvalue weighted by atomic mass is 35.5. The molecule has 3 nitrogen and oxygen atoms in total. The van der Waals surface area contributed by atoms with Crippen molar-refractivity contribution in [2.24, 2.45) is 0 Å².